The van der Waals surface area contributed by atoms with Crippen LogP contribution >= 0.6 is 0 Å². The first-order valence-corrected chi connectivity index (χ1v) is 8.65. The second kappa shape index (κ2) is 7.78. The maximum Gasteiger partial charge on any atom is 0.225 e. The van der Waals surface area contributed by atoms with Crippen molar-refractivity contribution in [3.63, 3.8) is 0 Å². The molecule has 0 aliphatic carbocycles. The standard InChI is InChI=1S/C20H29NO2/c1-4-5-6-7-8-13-21-18(14-19(21)23)16-9-11-17(12-10-16)20(2,3)15-22/h7-12,18,22H,4-6,13-15H2,1-3H3/b8-7-/t18-/m1/s1. The highest BCUT2D eigenvalue weighted by atomic mass is 16.3. The number of benzene rings is 1. The van der Waals surface area contributed by atoms with Crippen molar-refractivity contribution in [3.8, 4) is 0 Å². The zero-order valence-corrected chi connectivity index (χ0v) is 14.6. The lowest BCUT2D eigenvalue weighted by atomic mass is 9.84. The van der Waals surface area contributed by atoms with Crippen molar-refractivity contribution >= 4 is 5.91 Å². The number of hydrogen-bond acceptors (Lipinski definition) is 2. The Kier molecular flexibility index (Phi) is 6.00. The Morgan fingerprint density at radius 1 is 1.26 bits per heavy atom. The molecule has 0 saturated carbocycles. The molecular formula is C20H29NO2. The van der Waals surface area contributed by atoms with Gasteiger partial charge in [-0.1, -0.05) is 70.0 Å². The third-order valence-corrected chi connectivity index (χ3v) is 4.73. The molecule has 1 atom stereocenters. The van der Waals surface area contributed by atoms with Crippen molar-refractivity contribution < 1.29 is 9.90 Å². The second-order valence-corrected chi connectivity index (χ2v) is 7.04. The van der Waals surface area contributed by atoms with Crippen molar-refractivity contribution in [3.05, 3.63) is 47.5 Å². The lowest BCUT2D eigenvalue weighted by Gasteiger charge is -2.40. The molecular weight excluding hydrogens is 286 g/mol. The molecule has 126 valence electrons. The highest BCUT2D eigenvalue weighted by Crippen LogP contribution is 2.35. The minimum absolute atomic E-state index is 0.128. The maximum absolute atomic E-state index is 11.9. The van der Waals surface area contributed by atoms with Gasteiger partial charge in [-0.25, -0.2) is 0 Å². The van der Waals surface area contributed by atoms with Crippen molar-refractivity contribution in [2.45, 2.75) is 57.9 Å². The first-order valence-electron chi connectivity index (χ1n) is 8.65. The molecule has 1 aliphatic rings. The van der Waals surface area contributed by atoms with Crippen LogP contribution in [0.15, 0.2) is 36.4 Å². The van der Waals surface area contributed by atoms with E-state index in [0.29, 0.717) is 13.0 Å². The molecule has 1 aromatic carbocycles. The summed E-state index contributed by atoms with van der Waals surface area (Å²) in [4.78, 5) is 13.8. The second-order valence-electron chi connectivity index (χ2n) is 7.04. The molecule has 1 aromatic rings. The summed E-state index contributed by atoms with van der Waals surface area (Å²) in [5, 5.41) is 9.46. The molecule has 1 fully saturated rings. The third-order valence-electron chi connectivity index (χ3n) is 4.73. The monoisotopic (exact) mass is 315 g/mol. The molecule has 23 heavy (non-hydrogen) atoms. The number of nitrogens with zero attached hydrogens (tertiary/aromatic N) is 1. The lowest BCUT2D eigenvalue weighted by Crippen LogP contribution is -2.46. The molecule has 0 radical (unpaired) electrons. The summed E-state index contributed by atoms with van der Waals surface area (Å²) in [5.41, 5.74) is 2.08. The Hall–Kier alpha value is -1.61. The zero-order valence-electron chi connectivity index (χ0n) is 14.6. The fourth-order valence-electron chi connectivity index (χ4n) is 2.86. The summed E-state index contributed by atoms with van der Waals surface area (Å²) in [6.07, 6.45) is 8.39. The van der Waals surface area contributed by atoms with E-state index in [1.807, 2.05) is 18.7 Å². The lowest BCUT2D eigenvalue weighted by molar-refractivity contribution is -0.145. The molecule has 0 aromatic heterocycles. The van der Waals surface area contributed by atoms with Gasteiger partial charge >= 0.3 is 0 Å². The van der Waals surface area contributed by atoms with Gasteiger partial charge in [0.1, 0.15) is 0 Å². The van der Waals surface area contributed by atoms with Crippen LogP contribution in [0.3, 0.4) is 0 Å². The van der Waals surface area contributed by atoms with E-state index in [4.69, 9.17) is 0 Å². The molecule has 2 rings (SSSR count). The molecule has 3 heteroatoms. The Morgan fingerprint density at radius 2 is 1.96 bits per heavy atom. The third kappa shape index (κ3) is 4.23. The maximum atomic E-state index is 11.9. The Balaban J connectivity index is 1.98. The van der Waals surface area contributed by atoms with Gasteiger partial charge in [0.2, 0.25) is 5.91 Å². The van der Waals surface area contributed by atoms with Gasteiger partial charge in [-0.2, -0.15) is 0 Å². The normalized spacial score (nSPS) is 18.5. The number of likely N-dealkylation sites (tertiary alicyclic amines) is 1. The van der Waals surface area contributed by atoms with Gasteiger partial charge in [0, 0.05) is 12.0 Å². The van der Waals surface area contributed by atoms with Gasteiger partial charge in [-0.3, -0.25) is 4.79 Å². The highest BCUT2D eigenvalue weighted by Gasteiger charge is 2.36. The molecule has 1 aliphatic heterocycles. The number of aliphatic hydroxyl groups is 1. The largest absolute Gasteiger partial charge is 0.395 e. The predicted molar refractivity (Wildman–Crippen MR) is 94.3 cm³/mol. The quantitative estimate of drug-likeness (QED) is 0.448. The number of carbonyl (C=O) groups is 1. The SMILES string of the molecule is CCCC/C=C\CN1C(=O)C[C@@H]1c1ccc(C(C)(C)CO)cc1. The van der Waals surface area contributed by atoms with Gasteiger partial charge in [0.05, 0.1) is 19.1 Å². The van der Waals surface area contributed by atoms with E-state index < -0.39 is 0 Å². The summed E-state index contributed by atoms with van der Waals surface area (Å²) in [5.74, 6) is 0.231. The summed E-state index contributed by atoms with van der Waals surface area (Å²) < 4.78 is 0. The predicted octanol–water partition coefficient (Wildman–Crippen LogP) is 3.98. The van der Waals surface area contributed by atoms with Gasteiger partial charge in [0.25, 0.3) is 0 Å². The smallest absolute Gasteiger partial charge is 0.225 e. The number of amides is 1. The van der Waals surface area contributed by atoms with Crippen LogP contribution in [0.1, 0.15) is 63.6 Å². The van der Waals surface area contributed by atoms with Crippen LogP contribution in [0.2, 0.25) is 0 Å². The number of β-lactam (4-membered cyclic amide) rings is 1. The van der Waals surface area contributed by atoms with Crippen LogP contribution in [0.5, 0.6) is 0 Å². The average molecular weight is 315 g/mol. The van der Waals surface area contributed by atoms with Crippen LogP contribution in [-0.2, 0) is 10.2 Å². The van der Waals surface area contributed by atoms with Gasteiger partial charge in [-0.05, 0) is 17.5 Å². The fourth-order valence-corrected chi connectivity index (χ4v) is 2.86. The molecule has 0 spiro atoms. The summed E-state index contributed by atoms with van der Waals surface area (Å²) in [7, 11) is 0. The van der Waals surface area contributed by atoms with Crippen molar-refractivity contribution in [2.24, 2.45) is 0 Å². The minimum Gasteiger partial charge on any atom is -0.395 e. The van der Waals surface area contributed by atoms with Crippen LogP contribution in [0, 0.1) is 0 Å². The molecule has 1 N–H and O–H groups in total. The van der Waals surface area contributed by atoms with Gasteiger partial charge < -0.3 is 10.0 Å². The van der Waals surface area contributed by atoms with Gasteiger partial charge in [0.15, 0.2) is 0 Å². The summed E-state index contributed by atoms with van der Waals surface area (Å²) in [6, 6.07) is 8.53. The summed E-state index contributed by atoms with van der Waals surface area (Å²) in [6.45, 7) is 7.08. The summed E-state index contributed by atoms with van der Waals surface area (Å²) >= 11 is 0. The van der Waals surface area contributed by atoms with E-state index in [9.17, 15) is 9.90 Å². The minimum atomic E-state index is -0.227. The van der Waals surface area contributed by atoms with Crippen LogP contribution in [0.4, 0.5) is 0 Å². The van der Waals surface area contributed by atoms with E-state index in [-0.39, 0.29) is 24.0 Å². The van der Waals surface area contributed by atoms with Crippen molar-refractivity contribution in [1.82, 2.24) is 4.90 Å². The molecule has 1 saturated heterocycles. The average Bonchev–Trinajstić information content (AvgIpc) is 2.56. The molecule has 0 bridgehead atoms. The Bertz CT molecular complexity index is 545. The van der Waals surface area contributed by atoms with Crippen molar-refractivity contribution in [1.29, 1.82) is 0 Å². The number of allylic oxidation sites excluding steroid dienone is 1. The zero-order chi connectivity index (χ0) is 16.9. The highest BCUT2D eigenvalue weighted by molar-refractivity contribution is 5.83. The molecule has 3 nitrogen and oxygen atoms in total. The van der Waals surface area contributed by atoms with E-state index >= 15 is 0 Å². The first kappa shape index (κ1) is 17.7. The van der Waals surface area contributed by atoms with E-state index in [2.05, 4.69) is 43.3 Å². The van der Waals surface area contributed by atoms with Gasteiger partial charge in [-0.15, -0.1) is 0 Å². The molecule has 0 unspecified atom stereocenters. The van der Waals surface area contributed by atoms with E-state index in [1.165, 1.54) is 18.4 Å². The number of carbonyl (C=O) groups excluding carboxylic acids is 1. The Morgan fingerprint density at radius 3 is 2.52 bits per heavy atom. The van der Waals surface area contributed by atoms with E-state index in [0.717, 1.165) is 12.0 Å². The molecule has 1 amide bonds. The van der Waals surface area contributed by atoms with E-state index in [1.54, 1.807) is 0 Å². The van der Waals surface area contributed by atoms with Crippen LogP contribution < -0.4 is 0 Å². The van der Waals surface area contributed by atoms with Crippen LogP contribution in [-0.4, -0.2) is 29.1 Å². The molecule has 1 heterocycles. The van der Waals surface area contributed by atoms with Crippen LogP contribution in [0.25, 0.3) is 0 Å². The number of rotatable bonds is 8. The first-order chi connectivity index (χ1) is 11.0. The van der Waals surface area contributed by atoms with Crippen molar-refractivity contribution in [2.75, 3.05) is 13.2 Å². The number of hydrogen-bond donors (Lipinski definition) is 1. The number of aliphatic hydroxyl groups excluding tert-OH is 1. The topological polar surface area (TPSA) is 40.5 Å². The fraction of sp³-hybridized carbons (Fsp3) is 0.550. The Labute approximate surface area is 140 Å². The number of unbranched alkanes of at least 4 members (excludes halogenated alkanes) is 2.